The highest BCUT2D eigenvalue weighted by Gasteiger charge is 2.26. The van der Waals surface area contributed by atoms with Gasteiger partial charge >= 0.3 is 0 Å². The summed E-state index contributed by atoms with van der Waals surface area (Å²) in [4.78, 5) is 18.5. The van der Waals surface area contributed by atoms with Crippen molar-refractivity contribution in [2.75, 3.05) is 20.3 Å². The van der Waals surface area contributed by atoms with Gasteiger partial charge in [0.25, 0.3) is 5.91 Å². The van der Waals surface area contributed by atoms with Gasteiger partial charge < -0.3 is 14.2 Å². The van der Waals surface area contributed by atoms with Gasteiger partial charge in [0.2, 0.25) is 15.0 Å². The van der Waals surface area contributed by atoms with Gasteiger partial charge in [-0.2, -0.15) is 0 Å². The van der Waals surface area contributed by atoms with Crippen LogP contribution in [0.3, 0.4) is 0 Å². The van der Waals surface area contributed by atoms with Gasteiger partial charge in [0.05, 0.1) is 36.4 Å². The van der Waals surface area contributed by atoms with Gasteiger partial charge in [-0.3, -0.25) is 4.79 Å². The fourth-order valence-corrected chi connectivity index (χ4v) is 5.23. The minimum atomic E-state index is -3.85. The summed E-state index contributed by atoms with van der Waals surface area (Å²) < 4.78 is 47.2. The molecule has 33 heavy (non-hydrogen) atoms. The molecule has 0 aliphatic rings. The Morgan fingerprint density at radius 1 is 1.18 bits per heavy atom. The Morgan fingerprint density at radius 2 is 1.88 bits per heavy atom. The summed E-state index contributed by atoms with van der Waals surface area (Å²) >= 11 is 6.15. The standard InChI is InChI=1S/C23H25ClFN3O4S/c1-3-27(22(29)19-9-5-7-11-21(19)25)15-18-14-26-23(28(18)12-13-32-2)33(30,31)16-17-8-4-6-10-20(17)24/h4-11,14H,3,12-13,15-16H2,1-2H3. The predicted octanol–water partition coefficient (Wildman–Crippen LogP) is 3.96. The van der Waals surface area contributed by atoms with E-state index in [1.54, 1.807) is 37.3 Å². The number of benzene rings is 2. The number of imidazole rings is 1. The molecular weight excluding hydrogens is 469 g/mol. The molecular formula is C23H25ClFN3O4S. The zero-order valence-electron chi connectivity index (χ0n) is 18.4. The average Bonchev–Trinajstić information content (AvgIpc) is 3.20. The van der Waals surface area contributed by atoms with E-state index in [0.29, 0.717) is 22.8 Å². The lowest BCUT2D eigenvalue weighted by molar-refractivity contribution is 0.0743. The number of aromatic nitrogens is 2. The van der Waals surface area contributed by atoms with Crippen molar-refractivity contribution < 1.29 is 22.3 Å². The molecule has 176 valence electrons. The van der Waals surface area contributed by atoms with Crippen molar-refractivity contribution >= 4 is 27.3 Å². The normalized spacial score (nSPS) is 11.5. The lowest BCUT2D eigenvalue weighted by Gasteiger charge is -2.22. The van der Waals surface area contributed by atoms with E-state index >= 15 is 0 Å². The third kappa shape index (κ3) is 5.79. The number of amides is 1. The van der Waals surface area contributed by atoms with E-state index in [1.807, 2.05) is 0 Å². The molecule has 0 bridgehead atoms. The second-order valence-electron chi connectivity index (χ2n) is 7.33. The first-order valence-electron chi connectivity index (χ1n) is 10.3. The molecule has 10 heteroatoms. The molecule has 2 aromatic carbocycles. The monoisotopic (exact) mass is 493 g/mol. The largest absolute Gasteiger partial charge is 0.383 e. The first-order valence-corrected chi connectivity index (χ1v) is 12.3. The Labute approximate surface area is 197 Å². The molecule has 0 saturated carbocycles. The topological polar surface area (TPSA) is 81.5 Å². The molecule has 3 rings (SSSR count). The number of sulfone groups is 1. The molecule has 0 unspecified atom stereocenters. The number of hydrogen-bond donors (Lipinski definition) is 0. The Morgan fingerprint density at radius 3 is 2.55 bits per heavy atom. The van der Waals surface area contributed by atoms with E-state index in [9.17, 15) is 17.6 Å². The summed E-state index contributed by atoms with van der Waals surface area (Å²) in [6, 6.07) is 12.5. The summed E-state index contributed by atoms with van der Waals surface area (Å²) in [5, 5.41) is 0.216. The van der Waals surface area contributed by atoms with Crippen molar-refractivity contribution in [3.63, 3.8) is 0 Å². The van der Waals surface area contributed by atoms with Crippen molar-refractivity contribution in [1.82, 2.24) is 14.5 Å². The van der Waals surface area contributed by atoms with E-state index in [0.717, 1.165) is 0 Å². The van der Waals surface area contributed by atoms with Gasteiger partial charge in [-0.25, -0.2) is 17.8 Å². The maximum absolute atomic E-state index is 14.1. The zero-order valence-corrected chi connectivity index (χ0v) is 19.9. The van der Waals surface area contributed by atoms with E-state index in [1.165, 1.54) is 41.0 Å². The molecule has 3 aromatic rings. The summed E-state index contributed by atoms with van der Waals surface area (Å²) in [6.45, 7) is 2.58. The maximum atomic E-state index is 14.1. The first-order chi connectivity index (χ1) is 15.8. The number of ether oxygens (including phenoxy) is 1. The van der Waals surface area contributed by atoms with E-state index in [4.69, 9.17) is 16.3 Å². The van der Waals surface area contributed by atoms with Crippen molar-refractivity contribution in [3.8, 4) is 0 Å². The van der Waals surface area contributed by atoms with Crippen LogP contribution in [0, 0.1) is 5.82 Å². The number of nitrogens with zero attached hydrogens (tertiary/aromatic N) is 3. The van der Waals surface area contributed by atoms with E-state index in [-0.39, 0.29) is 36.2 Å². The molecule has 0 N–H and O–H groups in total. The van der Waals surface area contributed by atoms with Crippen LogP contribution in [0.25, 0.3) is 0 Å². The van der Waals surface area contributed by atoms with Crippen molar-refractivity contribution in [2.45, 2.75) is 30.9 Å². The number of methoxy groups -OCH3 is 1. The quantitative estimate of drug-likeness (QED) is 0.427. The van der Waals surface area contributed by atoms with Crippen LogP contribution in [-0.4, -0.2) is 49.0 Å². The highest BCUT2D eigenvalue weighted by molar-refractivity contribution is 7.90. The highest BCUT2D eigenvalue weighted by Crippen LogP contribution is 2.23. The van der Waals surface area contributed by atoms with Crippen LogP contribution in [0.4, 0.5) is 4.39 Å². The molecule has 0 fully saturated rings. The molecule has 1 heterocycles. The van der Waals surface area contributed by atoms with Crippen LogP contribution in [-0.2, 0) is 33.4 Å². The minimum absolute atomic E-state index is 0.0473. The minimum Gasteiger partial charge on any atom is -0.383 e. The molecule has 0 spiro atoms. The molecule has 0 aliphatic carbocycles. The van der Waals surface area contributed by atoms with Gasteiger partial charge in [0.15, 0.2) is 0 Å². The lowest BCUT2D eigenvalue weighted by Crippen LogP contribution is -2.32. The fourth-order valence-electron chi connectivity index (χ4n) is 3.40. The van der Waals surface area contributed by atoms with Gasteiger partial charge in [0, 0.05) is 25.2 Å². The Hall–Kier alpha value is -2.75. The van der Waals surface area contributed by atoms with Gasteiger partial charge in [0.1, 0.15) is 5.82 Å². The number of halogens is 2. The highest BCUT2D eigenvalue weighted by atomic mass is 35.5. The van der Waals surface area contributed by atoms with Crippen LogP contribution in [0.15, 0.2) is 59.9 Å². The Balaban J connectivity index is 1.93. The number of rotatable bonds is 10. The van der Waals surface area contributed by atoms with Crippen LogP contribution in [0.5, 0.6) is 0 Å². The summed E-state index contributed by atoms with van der Waals surface area (Å²) in [5.74, 6) is -1.42. The third-order valence-electron chi connectivity index (χ3n) is 5.13. The van der Waals surface area contributed by atoms with Gasteiger partial charge in [-0.1, -0.05) is 41.9 Å². The molecule has 1 amide bonds. The molecule has 0 saturated heterocycles. The third-order valence-corrected chi connectivity index (χ3v) is 7.07. The second-order valence-corrected chi connectivity index (χ2v) is 9.62. The molecule has 0 atom stereocenters. The fraction of sp³-hybridized carbons (Fsp3) is 0.304. The van der Waals surface area contributed by atoms with Gasteiger partial charge in [-0.05, 0) is 30.7 Å². The zero-order chi connectivity index (χ0) is 24.0. The Bertz CT molecular complexity index is 1230. The first kappa shape index (κ1) is 24.9. The number of carbonyl (C=O) groups is 1. The average molecular weight is 494 g/mol. The van der Waals surface area contributed by atoms with Crippen LogP contribution >= 0.6 is 11.6 Å². The van der Waals surface area contributed by atoms with Crippen LogP contribution < -0.4 is 0 Å². The smallest absolute Gasteiger partial charge is 0.257 e. The summed E-state index contributed by atoms with van der Waals surface area (Å²) in [7, 11) is -2.34. The maximum Gasteiger partial charge on any atom is 0.257 e. The van der Waals surface area contributed by atoms with E-state index < -0.39 is 21.6 Å². The van der Waals surface area contributed by atoms with Gasteiger partial charge in [-0.15, -0.1) is 0 Å². The Kier molecular flexibility index (Phi) is 8.23. The lowest BCUT2D eigenvalue weighted by atomic mass is 10.2. The van der Waals surface area contributed by atoms with Crippen LogP contribution in [0.2, 0.25) is 5.02 Å². The SMILES string of the molecule is CCN(Cc1cnc(S(=O)(=O)Cc2ccccc2Cl)n1CCOC)C(=O)c1ccccc1F. The number of carbonyl (C=O) groups excluding carboxylic acids is 1. The molecule has 0 radical (unpaired) electrons. The predicted molar refractivity (Wildman–Crippen MR) is 123 cm³/mol. The second kappa shape index (κ2) is 10.9. The molecule has 7 nitrogen and oxygen atoms in total. The molecule has 0 aliphatic heterocycles. The van der Waals surface area contributed by atoms with E-state index in [2.05, 4.69) is 4.98 Å². The summed E-state index contributed by atoms with van der Waals surface area (Å²) in [5.41, 5.74) is 0.914. The van der Waals surface area contributed by atoms with Crippen molar-refractivity contribution in [1.29, 1.82) is 0 Å². The molecule has 1 aromatic heterocycles. The summed E-state index contributed by atoms with van der Waals surface area (Å²) in [6.07, 6.45) is 1.42. The number of hydrogen-bond acceptors (Lipinski definition) is 5. The van der Waals surface area contributed by atoms with Crippen molar-refractivity contribution in [2.24, 2.45) is 0 Å². The van der Waals surface area contributed by atoms with Crippen LogP contribution in [0.1, 0.15) is 28.5 Å². The van der Waals surface area contributed by atoms with Crippen molar-refractivity contribution in [3.05, 3.63) is 82.4 Å².